The van der Waals surface area contributed by atoms with Gasteiger partial charge in [0.15, 0.2) is 0 Å². The van der Waals surface area contributed by atoms with Crippen LogP contribution in [0.5, 0.6) is 0 Å². The van der Waals surface area contributed by atoms with Gasteiger partial charge in [-0.2, -0.15) is 8.42 Å². The van der Waals surface area contributed by atoms with Gasteiger partial charge in [0.05, 0.1) is 0 Å². The lowest BCUT2D eigenvalue weighted by Gasteiger charge is -2.19. The lowest BCUT2D eigenvalue weighted by Crippen LogP contribution is -2.35. The molecular formula is C2H4N2O5S2. The zero-order chi connectivity index (χ0) is 8.48. The second-order valence-corrected chi connectivity index (χ2v) is 2.88. The van der Waals surface area contributed by atoms with Crippen molar-refractivity contribution in [3.8, 4) is 0 Å². The van der Waals surface area contributed by atoms with E-state index < -0.39 is 10.4 Å². The monoisotopic (exact) mass is 200 g/mol. The Morgan fingerprint density at radius 1 is 1.64 bits per heavy atom. The average Bonchev–Trinajstić information content (AvgIpc) is 1.86. The molecule has 1 aliphatic rings. The number of aliphatic imine (C=N–C) groups is 1. The number of nitrogens with zero attached hydrogens (tertiary/aromatic N) is 2. The fourth-order valence-electron chi connectivity index (χ4n) is 0.358. The highest BCUT2D eigenvalue weighted by Crippen LogP contribution is 2.13. The third kappa shape index (κ3) is 1.96. The summed E-state index contributed by atoms with van der Waals surface area (Å²) < 4.78 is 29.2. The predicted molar refractivity (Wildman–Crippen MR) is 36.4 cm³/mol. The number of hydroxylamine groups is 1. The van der Waals surface area contributed by atoms with E-state index in [9.17, 15) is 8.42 Å². The molecule has 0 spiro atoms. The van der Waals surface area contributed by atoms with Crippen LogP contribution in [0.3, 0.4) is 0 Å². The minimum atomic E-state index is -4.13. The van der Waals surface area contributed by atoms with Crippen LogP contribution in [0.15, 0.2) is 4.99 Å². The Hall–Kier alpha value is -0.510. The summed E-state index contributed by atoms with van der Waals surface area (Å²) in [5.74, 6) is 0. The molecule has 0 radical (unpaired) electrons. The topological polar surface area (TPSA) is 77.4 Å². The summed E-state index contributed by atoms with van der Waals surface area (Å²) in [6.07, 6.45) is 0. The first kappa shape index (κ1) is 8.59. The molecule has 0 aliphatic carbocycles. The van der Waals surface area contributed by atoms with E-state index in [1.807, 2.05) is 0 Å². The summed E-state index contributed by atoms with van der Waals surface area (Å²) in [6.45, 7) is 0. The third-order valence-corrected chi connectivity index (χ3v) is 1.64. The van der Waals surface area contributed by atoms with E-state index in [1.165, 1.54) is 7.05 Å². The van der Waals surface area contributed by atoms with Crippen LogP contribution in [0.25, 0.3) is 0 Å². The maximum Gasteiger partial charge on any atom is 0.457 e. The molecule has 1 heterocycles. The van der Waals surface area contributed by atoms with Crippen LogP contribution in [0.4, 0.5) is 0 Å². The Morgan fingerprint density at radius 2 is 2.27 bits per heavy atom. The highest BCUT2D eigenvalue weighted by atomic mass is 32.3. The van der Waals surface area contributed by atoms with Crippen LogP contribution in [-0.2, 0) is 23.9 Å². The second-order valence-electron chi connectivity index (χ2n) is 1.41. The molecule has 0 aromatic rings. The fourth-order valence-corrected chi connectivity index (χ4v) is 1.13. The Bertz CT molecular complexity index is 270. The van der Waals surface area contributed by atoms with Crippen LogP contribution in [0.1, 0.15) is 0 Å². The van der Waals surface area contributed by atoms with Crippen molar-refractivity contribution in [2.75, 3.05) is 7.05 Å². The minimum Gasteiger partial charge on any atom is -0.276 e. The lowest BCUT2D eigenvalue weighted by atomic mass is 11.1. The number of amidine groups is 1. The first-order valence-corrected chi connectivity index (χ1v) is 4.05. The normalized spacial score (nSPS) is 26.7. The zero-order valence-electron chi connectivity index (χ0n) is 5.29. The smallest absolute Gasteiger partial charge is 0.276 e. The summed E-state index contributed by atoms with van der Waals surface area (Å²) in [4.78, 5) is 7.56. The quantitative estimate of drug-likeness (QED) is 0.410. The van der Waals surface area contributed by atoms with Gasteiger partial charge in [0.1, 0.15) is 0 Å². The first-order valence-electron chi connectivity index (χ1n) is 2.31. The van der Waals surface area contributed by atoms with Gasteiger partial charge in [0.25, 0.3) is 0 Å². The average molecular weight is 200 g/mol. The molecule has 0 aromatic heterocycles. The van der Waals surface area contributed by atoms with Crippen molar-refractivity contribution in [2.24, 2.45) is 4.99 Å². The van der Waals surface area contributed by atoms with Crippen LogP contribution in [-0.4, -0.2) is 26.0 Å². The Kier molecular flexibility index (Phi) is 2.23. The lowest BCUT2D eigenvalue weighted by molar-refractivity contribution is -0.177. The highest BCUT2D eigenvalue weighted by Gasteiger charge is 2.30. The van der Waals surface area contributed by atoms with Gasteiger partial charge in [-0.15, -0.1) is 8.75 Å². The number of thiol groups is 1. The van der Waals surface area contributed by atoms with Gasteiger partial charge in [0.2, 0.25) is 0 Å². The number of rotatable bonds is 0. The zero-order valence-corrected chi connectivity index (χ0v) is 7.00. The van der Waals surface area contributed by atoms with Gasteiger partial charge in [-0.3, -0.25) is 4.89 Å². The highest BCUT2D eigenvalue weighted by molar-refractivity contribution is 7.83. The van der Waals surface area contributed by atoms with Gasteiger partial charge in [-0.25, -0.2) is 4.99 Å². The third-order valence-electron chi connectivity index (χ3n) is 0.709. The van der Waals surface area contributed by atoms with Crippen molar-refractivity contribution < 1.29 is 21.9 Å². The molecule has 9 heteroatoms. The molecule has 0 bridgehead atoms. The van der Waals surface area contributed by atoms with Gasteiger partial charge < -0.3 is 0 Å². The van der Waals surface area contributed by atoms with E-state index in [1.54, 1.807) is 0 Å². The molecule has 11 heavy (non-hydrogen) atoms. The summed E-state index contributed by atoms with van der Waals surface area (Å²) >= 11 is 3.55. The van der Waals surface area contributed by atoms with E-state index in [0.29, 0.717) is 4.47 Å². The SMILES string of the molecule is CN=C1OOS(=O)(=O)ON1S. The summed E-state index contributed by atoms with van der Waals surface area (Å²) in [5, 5.41) is 0. The van der Waals surface area contributed by atoms with E-state index >= 15 is 0 Å². The van der Waals surface area contributed by atoms with E-state index in [2.05, 4.69) is 31.3 Å². The maximum atomic E-state index is 10.4. The Morgan fingerprint density at radius 3 is 2.73 bits per heavy atom. The first-order chi connectivity index (χ1) is 5.05. The second kappa shape index (κ2) is 2.85. The summed E-state index contributed by atoms with van der Waals surface area (Å²) in [5.41, 5.74) is 0. The van der Waals surface area contributed by atoms with E-state index in [0.717, 1.165) is 0 Å². The standard InChI is InChI=1S/C2H4N2O5S2/c1-3-2-4(10)8-11(5,6)9-7-2/h10H,1H3. The van der Waals surface area contributed by atoms with Gasteiger partial charge in [-0.05, 0) is 17.1 Å². The molecule has 1 aliphatic heterocycles. The van der Waals surface area contributed by atoms with Crippen molar-refractivity contribution in [3.63, 3.8) is 0 Å². The molecule has 0 N–H and O–H groups in total. The van der Waals surface area contributed by atoms with Crippen molar-refractivity contribution in [1.82, 2.24) is 4.47 Å². The van der Waals surface area contributed by atoms with Gasteiger partial charge in [0, 0.05) is 7.05 Å². The molecule has 0 atom stereocenters. The molecular weight excluding hydrogens is 196 g/mol. The van der Waals surface area contributed by atoms with E-state index in [-0.39, 0.29) is 6.02 Å². The largest absolute Gasteiger partial charge is 0.457 e. The molecule has 1 fully saturated rings. The molecule has 0 aromatic carbocycles. The molecule has 0 amide bonds. The Labute approximate surface area is 68.3 Å². The van der Waals surface area contributed by atoms with Crippen LogP contribution < -0.4 is 0 Å². The van der Waals surface area contributed by atoms with Crippen molar-refractivity contribution >= 4 is 29.2 Å². The molecule has 64 valence electrons. The number of hydrogen-bond acceptors (Lipinski definition) is 7. The van der Waals surface area contributed by atoms with Crippen molar-refractivity contribution in [2.45, 2.75) is 0 Å². The fraction of sp³-hybridized carbons (Fsp3) is 0.500. The number of hydrogen-bond donors (Lipinski definition) is 1. The van der Waals surface area contributed by atoms with Crippen LogP contribution >= 0.6 is 12.8 Å². The van der Waals surface area contributed by atoms with Crippen molar-refractivity contribution in [3.05, 3.63) is 0 Å². The predicted octanol–water partition coefficient (Wildman–Crippen LogP) is -0.743. The molecule has 0 unspecified atom stereocenters. The maximum absolute atomic E-state index is 10.4. The molecule has 7 nitrogen and oxygen atoms in total. The minimum absolute atomic E-state index is 0.205. The Balaban J connectivity index is 2.78. The summed E-state index contributed by atoms with van der Waals surface area (Å²) in [6, 6.07) is -0.205. The van der Waals surface area contributed by atoms with Gasteiger partial charge >= 0.3 is 16.4 Å². The molecule has 0 saturated carbocycles. The molecule has 1 rings (SSSR count). The van der Waals surface area contributed by atoms with E-state index in [4.69, 9.17) is 0 Å². The van der Waals surface area contributed by atoms with Crippen LogP contribution in [0, 0.1) is 0 Å². The molecule has 1 saturated heterocycles. The summed E-state index contributed by atoms with van der Waals surface area (Å²) in [7, 11) is -2.78. The van der Waals surface area contributed by atoms with Gasteiger partial charge in [-0.1, -0.05) is 0 Å². The van der Waals surface area contributed by atoms with Crippen LogP contribution in [0.2, 0.25) is 0 Å². The van der Waals surface area contributed by atoms with Crippen molar-refractivity contribution in [1.29, 1.82) is 0 Å².